The van der Waals surface area contributed by atoms with Crippen molar-refractivity contribution < 1.29 is 19.8 Å². The lowest BCUT2D eigenvalue weighted by molar-refractivity contribution is -0.164. The summed E-state index contributed by atoms with van der Waals surface area (Å²) in [4.78, 5) is 27.7. The minimum Gasteiger partial charge on any atom is -0.481 e. The zero-order valence-corrected chi connectivity index (χ0v) is 20.3. The summed E-state index contributed by atoms with van der Waals surface area (Å²) in [5, 5.41) is 21.6. The fraction of sp³-hybridized carbons (Fsp3) is 0.462. The highest BCUT2D eigenvalue weighted by molar-refractivity contribution is 6.30. The van der Waals surface area contributed by atoms with E-state index in [9.17, 15) is 19.8 Å². The number of nitrogens with zero attached hydrogens (tertiary/aromatic N) is 1. The van der Waals surface area contributed by atoms with Gasteiger partial charge in [-0.15, -0.1) is 0 Å². The Labute approximate surface area is 204 Å². The number of hydrogen-bond donors (Lipinski definition) is 2. The lowest BCUT2D eigenvalue weighted by atomic mass is 9.66. The highest BCUT2D eigenvalue weighted by Crippen LogP contribution is 2.54. The van der Waals surface area contributed by atoms with E-state index < -0.39 is 23.5 Å². The molecule has 0 unspecified atom stereocenters. The summed E-state index contributed by atoms with van der Waals surface area (Å²) in [6.45, 7) is 3.45. The highest BCUT2D eigenvalue weighted by Gasteiger charge is 2.55. The van der Waals surface area contributed by atoms with Crippen LogP contribution in [0.25, 0.3) is 0 Å². The smallest absolute Gasteiger partial charge is 0.304 e. The molecular weight excluding hydrogens is 461 g/mol. The maximum atomic E-state index is 14.1. The van der Waals surface area contributed by atoms with E-state index in [1.165, 1.54) is 0 Å². The van der Waals surface area contributed by atoms with Crippen molar-refractivity contribution >= 4 is 35.1 Å². The van der Waals surface area contributed by atoms with Gasteiger partial charge in [-0.25, -0.2) is 0 Å². The van der Waals surface area contributed by atoms with Gasteiger partial charge in [0.25, 0.3) is 0 Å². The van der Waals surface area contributed by atoms with Gasteiger partial charge in [0, 0.05) is 16.0 Å². The van der Waals surface area contributed by atoms with Crippen molar-refractivity contribution in [3.8, 4) is 0 Å². The number of carbonyl (C=O) groups is 2. The molecule has 1 heterocycles. The molecule has 2 aromatic rings. The summed E-state index contributed by atoms with van der Waals surface area (Å²) in [7, 11) is 0. The van der Waals surface area contributed by atoms with Crippen LogP contribution in [0.2, 0.25) is 10.0 Å². The van der Waals surface area contributed by atoms with Crippen molar-refractivity contribution in [2.75, 3.05) is 0 Å². The van der Waals surface area contributed by atoms with Gasteiger partial charge in [-0.1, -0.05) is 54.4 Å². The molecule has 1 saturated carbocycles. The maximum absolute atomic E-state index is 14.1. The average molecular weight is 490 g/mol. The Kier molecular flexibility index (Phi) is 6.77. The van der Waals surface area contributed by atoms with Crippen LogP contribution in [-0.4, -0.2) is 39.1 Å². The molecule has 0 spiro atoms. The van der Waals surface area contributed by atoms with Crippen molar-refractivity contribution in [3.05, 3.63) is 69.7 Å². The number of rotatable bonds is 7. The number of carboxylic acids is 1. The van der Waals surface area contributed by atoms with E-state index in [4.69, 9.17) is 23.2 Å². The molecule has 1 aliphatic heterocycles. The lowest BCUT2D eigenvalue weighted by Gasteiger charge is -2.52. The number of piperidine rings is 1. The van der Waals surface area contributed by atoms with Crippen LogP contribution < -0.4 is 0 Å². The van der Waals surface area contributed by atoms with E-state index in [1.54, 1.807) is 36.9 Å². The van der Waals surface area contributed by atoms with E-state index in [0.29, 0.717) is 16.5 Å². The first-order chi connectivity index (χ1) is 15.6. The standard InChI is InChI=1S/C26H29Cl2NO4/c1-15(30)23(16-6-7-16)29-24(17-8-10-19(27)11-9-17)21(18-4-3-5-20(28)12-18)13-26(2,25(29)33)14-22(31)32/h3-5,8-12,15-16,21,23-24,30H,6-7,13-14H2,1-2H3,(H,31,32)/t15-,21-,23-,24-,26+/m1/s1. The second kappa shape index (κ2) is 9.28. The molecule has 33 heavy (non-hydrogen) atoms. The largest absolute Gasteiger partial charge is 0.481 e. The topological polar surface area (TPSA) is 77.8 Å². The predicted molar refractivity (Wildman–Crippen MR) is 128 cm³/mol. The number of hydrogen-bond acceptors (Lipinski definition) is 3. The van der Waals surface area contributed by atoms with Crippen LogP contribution >= 0.6 is 23.2 Å². The molecule has 2 N–H and O–H groups in total. The minimum atomic E-state index is -1.11. The zero-order chi connectivity index (χ0) is 23.9. The minimum absolute atomic E-state index is 0.191. The number of aliphatic carboxylic acids is 1. The van der Waals surface area contributed by atoms with Crippen LogP contribution in [0, 0.1) is 11.3 Å². The average Bonchev–Trinajstić information content (AvgIpc) is 3.56. The number of halogens is 2. The Morgan fingerprint density at radius 3 is 2.33 bits per heavy atom. The SMILES string of the molecule is C[C@@H](O)[C@H](C1CC1)N1C(=O)[C@](C)(CC(=O)O)C[C@H](c2cccc(Cl)c2)[C@H]1c1ccc(Cl)cc1. The third-order valence-electron chi connectivity index (χ3n) is 7.05. The molecule has 1 aliphatic carbocycles. The van der Waals surface area contributed by atoms with Crippen molar-refractivity contribution in [3.63, 3.8) is 0 Å². The van der Waals surface area contributed by atoms with Gasteiger partial charge in [0.15, 0.2) is 0 Å². The number of likely N-dealkylation sites (tertiary alicyclic amines) is 1. The van der Waals surface area contributed by atoms with Gasteiger partial charge in [0.05, 0.1) is 30.0 Å². The van der Waals surface area contributed by atoms with Gasteiger partial charge in [0.1, 0.15) is 0 Å². The molecule has 0 bridgehead atoms. The lowest BCUT2D eigenvalue weighted by Crippen LogP contribution is -2.59. The van der Waals surface area contributed by atoms with E-state index in [2.05, 4.69) is 0 Å². The highest BCUT2D eigenvalue weighted by atomic mass is 35.5. The third kappa shape index (κ3) is 4.91. The van der Waals surface area contributed by atoms with Gasteiger partial charge in [-0.05, 0) is 67.5 Å². The molecule has 5 atom stereocenters. The predicted octanol–water partition coefficient (Wildman–Crippen LogP) is 5.69. The molecule has 176 valence electrons. The van der Waals surface area contributed by atoms with E-state index in [1.807, 2.05) is 30.3 Å². The van der Waals surface area contributed by atoms with Crippen molar-refractivity contribution in [1.29, 1.82) is 0 Å². The summed E-state index contributed by atoms with van der Waals surface area (Å²) >= 11 is 12.5. The molecule has 4 rings (SSSR count). The third-order valence-corrected chi connectivity index (χ3v) is 7.54. The first-order valence-corrected chi connectivity index (χ1v) is 12.1. The van der Waals surface area contributed by atoms with Gasteiger partial charge in [-0.2, -0.15) is 0 Å². The van der Waals surface area contributed by atoms with Crippen molar-refractivity contribution in [2.45, 2.75) is 63.6 Å². The first-order valence-electron chi connectivity index (χ1n) is 11.3. The second-order valence-corrected chi connectivity index (χ2v) is 10.6. The Morgan fingerprint density at radius 1 is 1.12 bits per heavy atom. The molecule has 1 saturated heterocycles. The van der Waals surface area contributed by atoms with Gasteiger partial charge >= 0.3 is 5.97 Å². The maximum Gasteiger partial charge on any atom is 0.304 e. The van der Waals surface area contributed by atoms with Crippen molar-refractivity contribution in [2.24, 2.45) is 11.3 Å². The molecule has 0 radical (unpaired) electrons. The monoisotopic (exact) mass is 489 g/mol. The molecule has 7 heteroatoms. The molecule has 1 amide bonds. The summed E-state index contributed by atoms with van der Waals surface area (Å²) in [5.74, 6) is -1.25. The molecule has 2 aromatic carbocycles. The van der Waals surface area contributed by atoms with E-state index >= 15 is 0 Å². The number of aliphatic hydroxyl groups is 1. The fourth-order valence-electron chi connectivity index (χ4n) is 5.50. The molecule has 5 nitrogen and oxygen atoms in total. The molecule has 2 fully saturated rings. The van der Waals surface area contributed by atoms with Gasteiger partial charge in [0.2, 0.25) is 5.91 Å². The summed E-state index contributed by atoms with van der Waals surface area (Å²) in [6.07, 6.45) is 1.21. The zero-order valence-electron chi connectivity index (χ0n) is 18.7. The van der Waals surface area contributed by atoms with Crippen molar-refractivity contribution in [1.82, 2.24) is 4.90 Å². The van der Waals surface area contributed by atoms with E-state index in [0.717, 1.165) is 24.0 Å². The number of carbonyl (C=O) groups excluding carboxylic acids is 1. The number of aliphatic hydroxyl groups excluding tert-OH is 1. The number of amides is 1. The summed E-state index contributed by atoms with van der Waals surface area (Å²) < 4.78 is 0. The summed E-state index contributed by atoms with van der Waals surface area (Å²) in [6, 6.07) is 14.2. The van der Waals surface area contributed by atoms with Crippen LogP contribution in [0.1, 0.15) is 62.6 Å². The van der Waals surface area contributed by atoms with Crippen LogP contribution in [0.5, 0.6) is 0 Å². The fourth-order valence-corrected chi connectivity index (χ4v) is 5.82. The Hall–Kier alpha value is -2.08. The van der Waals surface area contributed by atoms with Crippen LogP contribution in [0.4, 0.5) is 0 Å². The second-order valence-electron chi connectivity index (χ2n) is 9.77. The molecular formula is C26H29Cl2NO4. The van der Waals surface area contributed by atoms with E-state index in [-0.39, 0.29) is 30.2 Å². The molecule has 0 aromatic heterocycles. The van der Waals surface area contributed by atoms with Gasteiger partial charge < -0.3 is 15.1 Å². The normalized spacial score (nSPS) is 27.3. The van der Waals surface area contributed by atoms with Crippen LogP contribution in [0.3, 0.4) is 0 Å². The molecule has 2 aliphatic rings. The summed E-state index contributed by atoms with van der Waals surface area (Å²) in [5.41, 5.74) is 0.738. The first kappa shape index (κ1) is 24.1. The Balaban J connectivity index is 1.92. The number of benzene rings is 2. The van der Waals surface area contributed by atoms with Crippen LogP contribution in [0.15, 0.2) is 48.5 Å². The van der Waals surface area contributed by atoms with Crippen LogP contribution in [-0.2, 0) is 9.59 Å². The van der Waals surface area contributed by atoms with Gasteiger partial charge in [-0.3, -0.25) is 9.59 Å². The Morgan fingerprint density at radius 2 is 1.79 bits per heavy atom. The number of carboxylic acid groups (broad SMARTS) is 1. The Bertz CT molecular complexity index is 1030. The quantitative estimate of drug-likeness (QED) is 0.523.